The molecule has 3 unspecified atom stereocenters. The minimum Gasteiger partial charge on any atom is -0.484 e. The summed E-state index contributed by atoms with van der Waals surface area (Å²) in [5, 5.41) is 0. The maximum absolute atomic E-state index is 14.7. The standard InChI is InChI=1S/C31H22O5/c32-24-19-31(21-13-5-2-6-14-21,36-26-18-10-7-15-22(24)26)30(34)27-28(33)23-16-8-9-17-25(23)35-29(27)20-11-3-1-4-12-20/h1-18,27,29H,19H2. The van der Waals surface area contributed by atoms with Crippen molar-refractivity contribution >= 4 is 17.3 Å². The normalized spacial score (nSPS) is 22.6. The van der Waals surface area contributed by atoms with Crippen LogP contribution in [-0.4, -0.2) is 17.3 Å². The van der Waals surface area contributed by atoms with Crippen molar-refractivity contribution in [3.8, 4) is 11.5 Å². The number of rotatable bonds is 4. The predicted octanol–water partition coefficient (Wildman–Crippen LogP) is 5.75. The molecule has 0 bridgehead atoms. The largest absolute Gasteiger partial charge is 0.484 e. The number of hydrogen-bond donors (Lipinski definition) is 0. The first kappa shape index (κ1) is 22.0. The zero-order chi connectivity index (χ0) is 24.7. The van der Waals surface area contributed by atoms with Crippen molar-refractivity contribution in [1.29, 1.82) is 0 Å². The topological polar surface area (TPSA) is 69.7 Å². The first-order valence-corrected chi connectivity index (χ1v) is 11.8. The second-order valence-electron chi connectivity index (χ2n) is 9.04. The van der Waals surface area contributed by atoms with Crippen molar-refractivity contribution in [3.05, 3.63) is 131 Å². The number of ketones is 3. The van der Waals surface area contributed by atoms with Gasteiger partial charge in [0, 0.05) is 5.56 Å². The molecule has 0 aromatic heterocycles. The molecule has 5 heteroatoms. The van der Waals surface area contributed by atoms with Gasteiger partial charge in [0.15, 0.2) is 23.0 Å². The molecule has 0 aliphatic carbocycles. The molecule has 3 atom stereocenters. The Hall–Kier alpha value is -4.51. The van der Waals surface area contributed by atoms with E-state index >= 15 is 0 Å². The first-order valence-electron chi connectivity index (χ1n) is 11.8. The molecule has 2 aliphatic heterocycles. The zero-order valence-electron chi connectivity index (χ0n) is 19.3. The lowest BCUT2D eigenvalue weighted by Crippen LogP contribution is -2.53. The molecule has 0 N–H and O–H groups in total. The number of carbonyl (C=O) groups is 3. The number of benzene rings is 4. The van der Waals surface area contributed by atoms with E-state index in [2.05, 4.69) is 0 Å². The van der Waals surface area contributed by atoms with Crippen molar-refractivity contribution in [3.63, 3.8) is 0 Å². The minimum absolute atomic E-state index is 0.209. The molecular weight excluding hydrogens is 452 g/mol. The average Bonchev–Trinajstić information content (AvgIpc) is 2.93. The minimum atomic E-state index is -1.67. The predicted molar refractivity (Wildman–Crippen MR) is 133 cm³/mol. The van der Waals surface area contributed by atoms with Crippen LogP contribution in [0.1, 0.15) is 44.4 Å². The molecule has 2 heterocycles. The highest BCUT2D eigenvalue weighted by molar-refractivity contribution is 6.17. The van der Waals surface area contributed by atoms with Gasteiger partial charge in [0.25, 0.3) is 0 Å². The Labute approximate surface area is 208 Å². The molecule has 0 saturated carbocycles. The number of carbonyl (C=O) groups excluding carboxylic acids is 3. The summed E-state index contributed by atoms with van der Waals surface area (Å²) in [5.41, 5.74) is 0.318. The fourth-order valence-electron chi connectivity index (χ4n) is 5.17. The van der Waals surface area contributed by atoms with E-state index in [1.807, 2.05) is 36.4 Å². The van der Waals surface area contributed by atoms with Crippen molar-refractivity contribution in [2.45, 2.75) is 18.1 Å². The molecule has 2 aliphatic rings. The highest BCUT2D eigenvalue weighted by atomic mass is 16.5. The van der Waals surface area contributed by atoms with Crippen LogP contribution >= 0.6 is 0 Å². The van der Waals surface area contributed by atoms with Crippen molar-refractivity contribution in [2.24, 2.45) is 5.92 Å². The Morgan fingerprint density at radius 2 is 1.28 bits per heavy atom. The molecule has 5 nitrogen and oxygen atoms in total. The summed E-state index contributed by atoms with van der Waals surface area (Å²) < 4.78 is 12.7. The van der Waals surface area contributed by atoms with Gasteiger partial charge < -0.3 is 9.47 Å². The Morgan fingerprint density at radius 3 is 2.00 bits per heavy atom. The quantitative estimate of drug-likeness (QED) is 0.352. The molecular formula is C31H22O5. The number of hydrogen-bond acceptors (Lipinski definition) is 5. The third-order valence-electron chi connectivity index (χ3n) is 6.92. The van der Waals surface area contributed by atoms with Gasteiger partial charge in [0.1, 0.15) is 23.5 Å². The lowest BCUT2D eigenvalue weighted by atomic mass is 9.72. The summed E-state index contributed by atoms with van der Waals surface area (Å²) in [6, 6.07) is 32.0. The van der Waals surface area contributed by atoms with Crippen LogP contribution in [0.4, 0.5) is 0 Å². The van der Waals surface area contributed by atoms with Crippen molar-refractivity contribution < 1.29 is 23.9 Å². The molecule has 6 rings (SSSR count). The molecule has 0 spiro atoms. The van der Waals surface area contributed by atoms with E-state index in [9.17, 15) is 14.4 Å². The van der Waals surface area contributed by atoms with Gasteiger partial charge >= 0.3 is 0 Å². The summed E-state index contributed by atoms with van der Waals surface area (Å²) >= 11 is 0. The van der Waals surface area contributed by atoms with Crippen LogP contribution in [0.25, 0.3) is 0 Å². The number of para-hydroxylation sites is 2. The monoisotopic (exact) mass is 474 g/mol. The summed E-state index contributed by atoms with van der Waals surface area (Å²) in [6.45, 7) is 0. The van der Waals surface area contributed by atoms with Crippen LogP contribution in [0.15, 0.2) is 109 Å². The van der Waals surface area contributed by atoms with E-state index in [4.69, 9.17) is 9.47 Å². The Morgan fingerprint density at radius 1 is 0.694 bits per heavy atom. The number of ether oxygens (including phenoxy) is 2. The third kappa shape index (κ3) is 3.43. The highest BCUT2D eigenvalue weighted by Crippen LogP contribution is 2.47. The van der Waals surface area contributed by atoms with Crippen LogP contribution in [0.2, 0.25) is 0 Å². The highest BCUT2D eigenvalue weighted by Gasteiger charge is 2.56. The average molecular weight is 475 g/mol. The SMILES string of the molecule is O=C1CC(C(=O)C2C(=O)c3ccccc3OC2c2ccccc2)(c2ccccc2)Oc2ccccc21. The first-order chi connectivity index (χ1) is 17.6. The second kappa shape index (κ2) is 8.61. The van der Waals surface area contributed by atoms with Gasteiger partial charge in [-0.05, 0) is 29.8 Å². The smallest absolute Gasteiger partial charge is 0.200 e. The van der Waals surface area contributed by atoms with Gasteiger partial charge in [-0.3, -0.25) is 14.4 Å². The van der Waals surface area contributed by atoms with Crippen LogP contribution in [-0.2, 0) is 10.4 Å². The number of fused-ring (bicyclic) bond motifs is 2. The Balaban J connectivity index is 1.54. The molecule has 4 aromatic carbocycles. The molecule has 0 radical (unpaired) electrons. The van der Waals surface area contributed by atoms with Gasteiger partial charge in [-0.2, -0.15) is 0 Å². The van der Waals surface area contributed by atoms with E-state index in [1.165, 1.54) is 0 Å². The summed E-state index contributed by atoms with van der Waals surface area (Å²) in [7, 11) is 0. The maximum Gasteiger partial charge on any atom is 0.200 e. The van der Waals surface area contributed by atoms with Crippen LogP contribution in [0.3, 0.4) is 0 Å². The van der Waals surface area contributed by atoms with Crippen molar-refractivity contribution in [2.75, 3.05) is 0 Å². The molecule has 0 amide bonds. The van der Waals surface area contributed by atoms with Gasteiger partial charge in [-0.25, -0.2) is 0 Å². The number of Topliss-reactive ketones (excluding diaryl/α,β-unsaturated/α-hetero) is 3. The van der Waals surface area contributed by atoms with E-state index in [1.54, 1.807) is 72.8 Å². The summed E-state index contributed by atoms with van der Waals surface area (Å²) in [6.07, 6.45) is -1.07. The van der Waals surface area contributed by atoms with Crippen LogP contribution in [0.5, 0.6) is 11.5 Å². The zero-order valence-corrected chi connectivity index (χ0v) is 19.3. The van der Waals surface area contributed by atoms with Gasteiger partial charge in [0.05, 0.1) is 17.5 Å². The lowest BCUT2D eigenvalue weighted by Gasteiger charge is -2.41. The fraction of sp³-hybridized carbons (Fsp3) is 0.129. The fourth-order valence-corrected chi connectivity index (χ4v) is 5.17. The van der Waals surface area contributed by atoms with E-state index < -0.39 is 23.4 Å². The molecule has 0 saturated heterocycles. The molecule has 36 heavy (non-hydrogen) atoms. The van der Waals surface area contributed by atoms with Crippen molar-refractivity contribution in [1.82, 2.24) is 0 Å². The van der Waals surface area contributed by atoms with Crippen LogP contribution in [0, 0.1) is 5.92 Å². The summed E-state index contributed by atoms with van der Waals surface area (Å²) in [4.78, 5) is 41.9. The third-order valence-corrected chi connectivity index (χ3v) is 6.92. The summed E-state index contributed by atoms with van der Waals surface area (Å²) in [5.74, 6) is -1.51. The van der Waals surface area contributed by atoms with Crippen LogP contribution < -0.4 is 9.47 Å². The Kier molecular flexibility index (Phi) is 5.26. The van der Waals surface area contributed by atoms with E-state index in [-0.39, 0.29) is 18.0 Å². The van der Waals surface area contributed by atoms with Gasteiger partial charge in [-0.1, -0.05) is 84.9 Å². The van der Waals surface area contributed by atoms with E-state index in [0.29, 0.717) is 33.8 Å². The maximum atomic E-state index is 14.7. The lowest BCUT2D eigenvalue weighted by molar-refractivity contribution is -0.142. The van der Waals surface area contributed by atoms with Gasteiger partial charge in [-0.15, -0.1) is 0 Å². The van der Waals surface area contributed by atoms with Gasteiger partial charge in [0.2, 0.25) is 0 Å². The molecule has 4 aromatic rings. The van der Waals surface area contributed by atoms with E-state index in [0.717, 1.165) is 0 Å². The second-order valence-corrected chi connectivity index (χ2v) is 9.04. The molecule has 0 fully saturated rings. The molecule has 176 valence electrons. The Bertz CT molecular complexity index is 1480.